The van der Waals surface area contributed by atoms with Gasteiger partial charge in [-0.25, -0.2) is 0 Å². The molecule has 1 N–H and O–H groups in total. The molecule has 1 aromatic rings. The molecule has 2 rings (SSSR count). The van der Waals surface area contributed by atoms with Gasteiger partial charge in [-0.1, -0.05) is 49.0 Å². The van der Waals surface area contributed by atoms with E-state index in [0.717, 1.165) is 5.56 Å². The normalized spacial score (nSPS) is 26.4. The van der Waals surface area contributed by atoms with Crippen LogP contribution < -0.4 is 0 Å². The first-order valence-electron chi connectivity index (χ1n) is 5.65. The zero-order valence-corrected chi connectivity index (χ0v) is 11.0. The minimum Gasteiger partial charge on any atom is -0.510 e. The van der Waals surface area contributed by atoms with E-state index in [2.05, 4.69) is 0 Å². The van der Waals surface area contributed by atoms with E-state index in [4.69, 9.17) is 0 Å². The number of thioether (sulfide) groups is 1. The summed E-state index contributed by atoms with van der Waals surface area (Å²) in [5.41, 5.74) is 1.62. The maximum Gasteiger partial charge on any atom is 0.219 e. The second kappa shape index (κ2) is 4.22. The van der Waals surface area contributed by atoms with E-state index in [1.54, 1.807) is 6.92 Å². The molecule has 0 saturated heterocycles. The summed E-state index contributed by atoms with van der Waals surface area (Å²) in [6.45, 7) is 5.66. The summed E-state index contributed by atoms with van der Waals surface area (Å²) in [4.78, 5) is 11.7. The molecule has 1 aliphatic heterocycles. The summed E-state index contributed by atoms with van der Waals surface area (Å²) in [6, 6.07) is 9.98. The topological polar surface area (TPSA) is 37.3 Å². The van der Waals surface area contributed by atoms with Crippen LogP contribution in [-0.2, 0) is 4.79 Å². The Kier molecular flexibility index (Phi) is 3.04. The SMILES string of the molecule is CC1=C(O)C(C)(C(C)c2ccccc2)SC1=O. The first-order chi connectivity index (χ1) is 7.97. The fourth-order valence-corrected chi connectivity index (χ4v) is 3.34. The van der Waals surface area contributed by atoms with Gasteiger partial charge in [0.1, 0.15) is 5.76 Å². The van der Waals surface area contributed by atoms with Crippen molar-refractivity contribution >= 4 is 16.9 Å². The van der Waals surface area contributed by atoms with Crippen LogP contribution in [0.15, 0.2) is 41.7 Å². The van der Waals surface area contributed by atoms with Gasteiger partial charge in [-0.05, 0) is 19.4 Å². The number of carbonyl (C=O) groups excluding carboxylic acids is 1. The highest BCUT2D eigenvalue weighted by Crippen LogP contribution is 2.50. The maximum absolute atomic E-state index is 11.7. The molecule has 2 nitrogen and oxygen atoms in total. The van der Waals surface area contributed by atoms with E-state index >= 15 is 0 Å². The number of rotatable bonds is 2. The van der Waals surface area contributed by atoms with Gasteiger partial charge in [-0.2, -0.15) is 0 Å². The van der Waals surface area contributed by atoms with Crippen LogP contribution in [0.25, 0.3) is 0 Å². The molecule has 0 bridgehead atoms. The van der Waals surface area contributed by atoms with Crippen molar-refractivity contribution in [2.45, 2.75) is 31.4 Å². The average molecular weight is 248 g/mol. The number of carbonyl (C=O) groups is 1. The number of hydrogen-bond donors (Lipinski definition) is 1. The zero-order valence-electron chi connectivity index (χ0n) is 10.2. The smallest absolute Gasteiger partial charge is 0.219 e. The van der Waals surface area contributed by atoms with Gasteiger partial charge in [0, 0.05) is 11.5 Å². The van der Waals surface area contributed by atoms with Crippen molar-refractivity contribution in [1.29, 1.82) is 0 Å². The van der Waals surface area contributed by atoms with Gasteiger partial charge in [0.2, 0.25) is 5.12 Å². The Balaban J connectivity index is 2.39. The third-order valence-corrected chi connectivity index (χ3v) is 5.02. The van der Waals surface area contributed by atoms with Crippen LogP contribution in [0.4, 0.5) is 0 Å². The second-order valence-electron chi connectivity index (χ2n) is 4.60. The Morgan fingerprint density at radius 1 is 1.29 bits per heavy atom. The van der Waals surface area contributed by atoms with Crippen LogP contribution in [0.1, 0.15) is 32.3 Å². The summed E-state index contributed by atoms with van der Waals surface area (Å²) in [7, 11) is 0. The molecule has 1 heterocycles. The maximum atomic E-state index is 11.7. The van der Waals surface area contributed by atoms with Crippen molar-refractivity contribution in [2.24, 2.45) is 0 Å². The molecule has 0 saturated carbocycles. The van der Waals surface area contributed by atoms with Crippen LogP contribution >= 0.6 is 11.8 Å². The molecule has 90 valence electrons. The first-order valence-corrected chi connectivity index (χ1v) is 6.47. The van der Waals surface area contributed by atoms with E-state index < -0.39 is 4.75 Å². The standard InChI is InChI=1S/C14H16O2S/c1-9-12(15)14(3,17-13(9)16)10(2)11-7-5-4-6-8-11/h4-8,10,15H,1-3H3. The quantitative estimate of drug-likeness (QED) is 0.868. The molecule has 0 spiro atoms. The molecule has 0 radical (unpaired) electrons. The second-order valence-corrected chi connectivity index (χ2v) is 6.03. The molecular weight excluding hydrogens is 232 g/mol. The van der Waals surface area contributed by atoms with Crippen molar-refractivity contribution in [3.63, 3.8) is 0 Å². The molecule has 0 fully saturated rings. The van der Waals surface area contributed by atoms with Crippen LogP contribution in [0.5, 0.6) is 0 Å². The molecule has 1 aliphatic rings. The third-order valence-electron chi connectivity index (χ3n) is 3.56. The lowest BCUT2D eigenvalue weighted by Crippen LogP contribution is -2.28. The van der Waals surface area contributed by atoms with E-state index in [-0.39, 0.29) is 16.8 Å². The number of hydrogen-bond acceptors (Lipinski definition) is 3. The Morgan fingerprint density at radius 2 is 1.88 bits per heavy atom. The molecule has 2 unspecified atom stereocenters. The number of aliphatic hydroxyl groups is 1. The summed E-state index contributed by atoms with van der Waals surface area (Å²) in [5, 5.41) is 10.1. The average Bonchev–Trinajstić information content (AvgIpc) is 2.55. The monoisotopic (exact) mass is 248 g/mol. The van der Waals surface area contributed by atoms with E-state index in [0.29, 0.717) is 5.57 Å². The van der Waals surface area contributed by atoms with E-state index in [1.165, 1.54) is 11.8 Å². The Labute approximate surface area is 106 Å². The van der Waals surface area contributed by atoms with E-state index in [9.17, 15) is 9.90 Å². The minimum absolute atomic E-state index is 0.0206. The first kappa shape index (κ1) is 12.2. The van der Waals surface area contributed by atoms with Gasteiger partial charge < -0.3 is 5.11 Å². The summed E-state index contributed by atoms with van der Waals surface area (Å²) in [5.74, 6) is 0.318. The zero-order chi connectivity index (χ0) is 12.6. The van der Waals surface area contributed by atoms with Crippen LogP contribution in [0.2, 0.25) is 0 Å². The lowest BCUT2D eigenvalue weighted by Gasteiger charge is -2.30. The summed E-state index contributed by atoms with van der Waals surface area (Å²) in [6.07, 6.45) is 0. The highest BCUT2D eigenvalue weighted by Gasteiger charge is 2.46. The Morgan fingerprint density at radius 3 is 2.35 bits per heavy atom. The van der Waals surface area contributed by atoms with Crippen molar-refractivity contribution in [3.05, 3.63) is 47.2 Å². The predicted octanol–water partition coefficient (Wildman–Crippen LogP) is 3.65. The molecule has 0 aliphatic carbocycles. The predicted molar refractivity (Wildman–Crippen MR) is 71.2 cm³/mol. The molecule has 2 atom stereocenters. The molecular formula is C14H16O2S. The van der Waals surface area contributed by atoms with Gasteiger partial charge in [0.15, 0.2) is 0 Å². The van der Waals surface area contributed by atoms with E-state index in [1.807, 2.05) is 44.2 Å². The third kappa shape index (κ3) is 1.89. The van der Waals surface area contributed by atoms with Gasteiger partial charge in [0.25, 0.3) is 0 Å². The largest absolute Gasteiger partial charge is 0.510 e. The highest BCUT2D eigenvalue weighted by atomic mass is 32.2. The van der Waals surface area contributed by atoms with Crippen molar-refractivity contribution in [3.8, 4) is 0 Å². The fraction of sp³-hybridized carbons (Fsp3) is 0.357. The van der Waals surface area contributed by atoms with Gasteiger partial charge in [-0.3, -0.25) is 4.79 Å². The summed E-state index contributed by atoms with van der Waals surface area (Å²) >= 11 is 1.22. The van der Waals surface area contributed by atoms with Gasteiger partial charge in [0.05, 0.1) is 4.75 Å². The molecule has 17 heavy (non-hydrogen) atoms. The Hall–Kier alpha value is -1.22. The van der Waals surface area contributed by atoms with Crippen LogP contribution in [-0.4, -0.2) is 15.0 Å². The van der Waals surface area contributed by atoms with Crippen molar-refractivity contribution < 1.29 is 9.90 Å². The number of aliphatic hydroxyl groups excluding tert-OH is 1. The van der Waals surface area contributed by atoms with Gasteiger partial charge in [-0.15, -0.1) is 0 Å². The molecule has 1 aromatic carbocycles. The Bertz CT molecular complexity index is 478. The summed E-state index contributed by atoms with van der Waals surface area (Å²) < 4.78 is -0.539. The fourth-order valence-electron chi connectivity index (χ4n) is 2.14. The van der Waals surface area contributed by atoms with Crippen molar-refractivity contribution in [1.82, 2.24) is 0 Å². The highest BCUT2D eigenvalue weighted by molar-refractivity contribution is 8.15. The lowest BCUT2D eigenvalue weighted by atomic mass is 9.86. The van der Waals surface area contributed by atoms with Crippen LogP contribution in [0, 0.1) is 0 Å². The lowest BCUT2D eigenvalue weighted by molar-refractivity contribution is -0.107. The minimum atomic E-state index is -0.539. The molecule has 0 aromatic heterocycles. The van der Waals surface area contributed by atoms with Gasteiger partial charge >= 0.3 is 0 Å². The van der Waals surface area contributed by atoms with Crippen LogP contribution in [0.3, 0.4) is 0 Å². The molecule has 3 heteroatoms. The molecule has 0 amide bonds. The number of benzene rings is 1. The van der Waals surface area contributed by atoms with Crippen molar-refractivity contribution in [2.75, 3.05) is 0 Å².